The van der Waals surface area contributed by atoms with Crippen LogP contribution in [0.1, 0.15) is 16.8 Å². The normalized spacial score (nSPS) is 11.6. The van der Waals surface area contributed by atoms with Crippen LogP contribution in [0.15, 0.2) is 42.5 Å². The van der Waals surface area contributed by atoms with Gasteiger partial charge in [0.1, 0.15) is 17.1 Å². The number of methoxy groups -OCH3 is 1. The lowest BCUT2D eigenvalue weighted by atomic mass is 10.1. The second-order valence-electron chi connectivity index (χ2n) is 6.50. The van der Waals surface area contributed by atoms with Crippen LogP contribution in [0, 0.1) is 12.7 Å². The van der Waals surface area contributed by atoms with Crippen LogP contribution in [0.3, 0.4) is 0 Å². The van der Waals surface area contributed by atoms with Crippen LogP contribution >= 0.6 is 0 Å². The zero-order valence-corrected chi connectivity index (χ0v) is 16.2. The Morgan fingerprint density at radius 3 is 2.63 bits per heavy atom. The number of benzene rings is 2. The SMILES string of the molecule is COc1cccc2c(NCc3cc(F)ccc3CS(C)(=O)=O)cc(C)nc12. The van der Waals surface area contributed by atoms with Gasteiger partial charge in [0.2, 0.25) is 0 Å². The van der Waals surface area contributed by atoms with Gasteiger partial charge in [0, 0.05) is 29.6 Å². The van der Waals surface area contributed by atoms with Gasteiger partial charge in [0.05, 0.1) is 12.9 Å². The number of aryl methyl sites for hydroxylation is 1. The molecule has 3 rings (SSSR count). The maximum Gasteiger partial charge on any atom is 0.151 e. The first-order chi connectivity index (χ1) is 12.8. The van der Waals surface area contributed by atoms with E-state index in [1.54, 1.807) is 7.11 Å². The second kappa shape index (κ2) is 7.52. The van der Waals surface area contributed by atoms with Crippen LogP contribution in [0.5, 0.6) is 5.75 Å². The van der Waals surface area contributed by atoms with E-state index in [0.717, 1.165) is 22.3 Å². The summed E-state index contributed by atoms with van der Waals surface area (Å²) in [5.74, 6) is 0.137. The van der Waals surface area contributed by atoms with Crippen LogP contribution in [0.2, 0.25) is 0 Å². The molecule has 0 aliphatic rings. The average Bonchev–Trinajstić information content (AvgIpc) is 2.60. The topological polar surface area (TPSA) is 68.3 Å². The van der Waals surface area contributed by atoms with E-state index in [2.05, 4.69) is 10.3 Å². The molecule has 1 aromatic heterocycles. The maximum absolute atomic E-state index is 13.7. The molecule has 0 aliphatic heterocycles. The minimum absolute atomic E-state index is 0.131. The zero-order valence-electron chi connectivity index (χ0n) is 15.4. The summed E-state index contributed by atoms with van der Waals surface area (Å²) in [7, 11) is -1.63. The number of ether oxygens (including phenoxy) is 1. The van der Waals surface area contributed by atoms with E-state index in [1.807, 2.05) is 31.2 Å². The predicted molar refractivity (Wildman–Crippen MR) is 105 cm³/mol. The van der Waals surface area contributed by atoms with E-state index < -0.39 is 15.7 Å². The molecule has 27 heavy (non-hydrogen) atoms. The van der Waals surface area contributed by atoms with Crippen molar-refractivity contribution in [3.8, 4) is 5.75 Å². The van der Waals surface area contributed by atoms with Crippen LogP contribution in [0.25, 0.3) is 10.9 Å². The molecule has 5 nitrogen and oxygen atoms in total. The minimum atomic E-state index is -3.22. The lowest BCUT2D eigenvalue weighted by Gasteiger charge is -2.14. The highest BCUT2D eigenvalue weighted by atomic mass is 32.2. The molecule has 0 saturated carbocycles. The molecule has 1 N–H and O–H groups in total. The molecule has 142 valence electrons. The standard InChI is InChI=1S/C20H21FN2O3S/c1-13-9-18(17-5-4-6-19(26-2)20(17)23-13)22-11-15-10-16(21)8-7-14(15)12-27(3,24)25/h4-10H,11-12H2,1-3H3,(H,22,23). The summed E-state index contributed by atoms with van der Waals surface area (Å²) >= 11 is 0. The molecule has 0 radical (unpaired) electrons. The largest absolute Gasteiger partial charge is 0.494 e. The van der Waals surface area contributed by atoms with Gasteiger partial charge in [-0.15, -0.1) is 0 Å². The highest BCUT2D eigenvalue weighted by Gasteiger charge is 2.12. The quantitative estimate of drug-likeness (QED) is 0.695. The fraction of sp³-hybridized carbons (Fsp3) is 0.250. The molecule has 0 saturated heterocycles. The van der Waals surface area contributed by atoms with E-state index in [1.165, 1.54) is 24.5 Å². The predicted octanol–water partition coefficient (Wildman–Crippen LogP) is 3.85. The Labute approximate surface area is 158 Å². The molecule has 1 heterocycles. The zero-order chi connectivity index (χ0) is 19.6. The number of nitrogens with zero attached hydrogens (tertiary/aromatic N) is 1. The van der Waals surface area contributed by atoms with E-state index in [-0.39, 0.29) is 5.75 Å². The van der Waals surface area contributed by atoms with Gasteiger partial charge in [-0.1, -0.05) is 18.2 Å². The van der Waals surface area contributed by atoms with Crippen molar-refractivity contribution in [3.05, 3.63) is 65.1 Å². The Morgan fingerprint density at radius 2 is 1.93 bits per heavy atom. The lowest BCUT2D eigenvalue weighted by molar-refractivity contribution is 0.419. The molecule has 2 aromatic carbocycles. The third-order valence-electron chi connectivity index (χ3n) is 4.21. The smallest absolute Gasteiger partial charge is 0.151 e. The van der Waals surface area contributed by atoms with Gasteiger partial charge in [-0.25, -0.2) is 17.8 Å². The van der Waals surface area contributed by atoms with Crippen LogP contribution < -0.4 is 10.1 Å². The third-order valence-corrected chi connectivity index (χ3v) is 5.04. The van der Waals surface area contributed by atoms with Crippen molar-refractivity contribution in [2.45, 2.75) is 19.2 Å². The number of pyridine rings is 1. The highest BCUT2D eigenvalue weighted by molar-refractivity contribution is 7.89. The molecule has 0 spiro atoms. The molecule has 7 heteroatoms. The monoisotopic (exact) mass is 388 g/mol. The Bertz CT molecular complexity index is 1100. The van der Waals surface area contributed by atoms with Gasteiger partial charge >= 0.3 is 0 Å². The van der Waals surface area contributed by atoms with E-state index in [4.69, 9.17) is 4.74 Å². The summed E-state index contributed by atoms with van der Waals surface area (Å²) < 4.78 is 42.4. The Balaban J connectivity index is 1.97. The molecule has 3 aromatic rings. The molecule has 0 bridgehead atoms. The van der Waals surface area contributed by atoms with Crippen molar-refractivity contribution in [2.24, 2.45) is 0 Å². The fourth-order valence-electron chi connectivity index (χ4n) is 3.03. The number of rotatable bonds is 6. The summed E-state index contributed by atoms with van der Waals surface area (Å²) in [6.07, 6.45) is 1.17. The van der Waals surface area contributed by atoms with Crippen molar-refractivity contribution in [1.29, 1.82) is 0 Å². The number of aromatic nitrogens is 1. The number of hydrogen-bond acceptors (Lipinski definition) is 5. The Morgan fingerprint density at radius 1 is 1.15 bits per heavy atom. The number of halogens is 1. The molecule has 0 atom stereocenters. The molecule has 0 unspecified atom stereocenters. The van der Waals surface area contributed by atoms with Crippen LogP contribution in [-0.2, 0) is 22.1 Å². The average molecular weight is 388 g/mol. The second-order valence-corrected chi connectivity index (χ2v) is 8.64. The van der Waals surface area contributed by atoms with Gasteiger partial charge in [0.15, 0.2) is 9.84 Å². The van der Waals surface area contributed by atoms with Gasteiger partial charge in [-0.05, 0) is 42.3 Å². The third kappa shape index (κ3) is 4.54. The first-order valence-corrected chi connectivity index (χ1v) is 10.5. The van der Waals surface area contributed by atoms with Crippen molar-refractivity contribution in [3.63, 3.8) is 0 Å². The Kier molecular flexibility index (Phi) is 5.32. The summed E-state index contributed by atoms with van der Waals surface area (Å²) in [5, 5.41) is 4.17. The highest BCUT2D eigenvalue weighted by Crippen LogP contribution is 2.30. The first-order valence-electron chi connectivity index (χ1n) is 8.40. The van der Waals surface area contributed by atoms with Gasteiger partial charge in [0.25, 0.3) is 0 Å². The first kappa shape index (κ1) is 19.1. The number of para-hydroxylation sites is 1. The Hall–Kier alpha value is -2.67. The number of anilines is 1. The van der Waals surface area contributed by atoms with Gasteiger partial charge < -0.3 is 10.1 Å². The van der Waals surface area contributed by atoms with Crippen molar-refractivity contribution < 1.29 is 17.5 Å². The fourth-order valence-corrected chi connectivity index (χ4v) is 3.88. The molecular formula is C20H21FN2O3S. The molecular weight excluding hydrogens is 367 g/mol. The van der Waals surface area contributed by atoms with E-state index in [0.29, 0.717) is 23.4 Å². The van der Waals surface area contributed by atoms with Crippen LogP contribution in [-0.4, -0.2) is 26.8 Å². The van der Waals surface area contributed by atoms with Crippen molar-refractivity contribution in [2.75, 3.05) is 18.7 Å². The van der Waals surface area contributed by atoms with Gasteiger partial charge in [-0.3, -0.25) is 0 Å². The van der Waals surface area contributed by atoms with Gasteiger partial charge in [-0.2, -0.15) is 0 Å². The number of fused-ring (bicyclic) bond motifs is 1. The summed E-state index contributed by atoms with van der Waals surface area (Å²) in [4.78, 5) is 4.54. The summed E-state index contributed by atoms with van der Waals surface area (Å²) in [6, 6.07) is 11.7. The number of sulfone groups is 1. The lowest BCUT2D eigenvalue weighted by Crippen LogP contribution is -2.08. The molecule has 0 aliphatic carbocycles. The number of hydrogen-bond donors (Lipinski definition) is 1. The van der Waals surface area contributed by atoms with Crippen LogP contribution in [0.4, 0.5) is 10.1 Å². The van der Waals surface area contributed by atoms with Crippen molar-refractivity contribution >= 4 is 26.4 Å². The minimum Gasteiger partial charge on any atom is -0.494 e. The van der Waals surface area contributed by atoms with Crippen molar-refractivity contribution in [1.82, 2.24) is 4.98 Å². The summed E-state index contributed by atoms with van der Waals surface area (Å²) in [5.41, 5.74) is 3.55. The maximum atomic E-state index is 13.7. The van der Waals surface area contributed by atoms with E-state index in [9.17, 15) is 12.8 Å². The summed E-state index contributed by atoms with van der Waals surface area (Å²) in [6.45, 7) is 2.17. The van der Waals surface area contributed by atoms with E-state index >= 15 is 0 Å². The molecule has 0 amide bonds. The molecule has 0 fully saturated rings. The number of nitrogens with one attached hydrogen (secondary N) is 1.